The molecule has 2 rings (SSSR count). The van der Waals surface area contributed by atoms with Crippen molar-refractivity contribution >= 4 is 28.3 Å². The highest BCUT2D eigenvalue weighted by Crippen LogP contribution is 2.33. The van der Waals surface area contributed by atoms with Crippen molar-refractivity contribution in [2.24, 2.45) is 0 Å². The minimum absolute atomic E-state index is 0.0734. The maximum atomic E-state index is 12.1. The van der Waals surface area contributed by atoms with Gasteiger partial charge in [-0.15, -0.1) is 0 Å². The lowest BCUT2D eigenvalue weighted by Gasteiger charge is -2.15. The summed E-state index contributed by atoms with van der Waals surface area (Å²) >= 11 is 6.21. The standard InChI is InChI=1S/C14H14ClNO2/c1-16(2)14(17)10-7-8-12(18-3)9-5-4-6-11(15)13(9)10/h4-8H,1-3H3. The molecule has 0 saturated heterocycles. The van der Waals surface area contributed by atoms with Crippen molar-refractivity contribution in [3.8, 4) is 5.75 Å². The molecule has 0 aliphatic rings. The minimum atomic E-state index is -0.0734. The maximum Gasteiger partial charge on any atom is 0.254 e. The van der Waals surface area contributed by atoms with E-state index in [1.807, 2.05) is 12.1 Å². The number of nitrogens with zero attached hydrogens (tertiary/aromatic N) is 1. The van der Waals surface area contributed by atoms with E-state index >= 15 is 0 Å². The van der Waals surface area contributed by atoms with Crippen molar-refractivity contribution in [3.63, 3.8) is 0 Å². The van der Waals surface area contributed by atoms with Crippen molar-refractivity contribution in [2.75, 3.05) is 21.2 Å². The highest BCUT2D eigenvalue weighted by molar-refractivity contribution is 6.37. The van der Waals surface area contributed by atoms with Crippen LogP contribution in [0.15, 0.2) is 30.3 Å². The Morgan fingerprint density at radius 1 is 1.22 bits per heavy atom. The summed E-state index contributed by atoms with van der Waals surface area (Å²) < 4.78 is 5.29. The number of benzene rings is 2. The summed E-state index contributed by atoms with van der Waals surface area (Å²) in [4.78, 5) is 13.7. The molecule has 2 aromatic rings. The molecule has 0 aliphatic carbocycles. The SMILES string of the molecule is COc1ccc(C(=O)N(C)C)c2c(Cl)cccc12. The molecule has 0 fully saturated rings. The van der Waals surface area contributed by atoms with E-state index in [2.05, 4.69) is 0 Å². The second-order valence-corrected chi connectivity index (χ2v) is 4.58. The number of hydrogen-bond acceptors (Lipinski definition) is 2. The summed E-state index contributed by atoms with van der Waals surface area (Å²) in [7, 11) is 5.04. The molecule has 0 bridgehead atoms. The number of ether oxygens (including phenoxy) is 1. The van der Waals surface area contributed by atoms with Crippen LogP contribution in [0.25, 0.3) is 10.8 Å². The quantitative estimate of drug-likeness (QED) is 0.833. The molecule has 0 heterocycles. The lowest BCUT2D eigenvalue weighted by molar-refractivity contribution is 0.0829. The maximum absolute atomic E-state index is 12.1. The fourth-order valence-electron chi connectivity index (χ4n) is 1.93. The van der Waals surface area contributed by atoms with E-state index in [1.54, 1.807) is 39.4 Å². The van der Waals surface area contributed by atoms with Crippen LogP contribution < -0.4 is 4.74 Å². The molecule has 4 heteroatoms. The molecule has 0 unspecified atom stereocenters. The van der Waals surface area contributed by atoms with E-state index in [9.17, 15) is 4.79 Å². The molecular formula is C14H14ClNO2. The van der Waals surface area contributed by atoms with Gasteiger partial charge in [0.2, 0.25) is 0 Å². The average Bonchev–Trinajstić information content (AvgIpc) is 2.37. The molecule has 0 N–H and O–H groups in total. The number of carbonyl (C=O) groups is 1. The first kappa shape index (κ1) is 12.7. The monoisotopic (exact) mass is 263 g/mol. The number of rotatable bonds is 2. The second-order valence-electron chi connectivity index (χ2n) is 4.18. The summed E-state index contributed by atoms with van der Waals surface area (Å²) in [5, 5.41) is 2.13. The van der Waals surface area contributed by atoms with Gasteiger partial charge >= 0.3 is 0 Å². The smallest absolute Gasteiger partial charge is 0.254 e. The second kappa shape index (κ2) is 4.86. The highest BCUT2D eigenvalue weighted by Gasteiger charge is 2.16. The molecule has 0 saturated carbocycles. The minimum Gasteiger partial charge on any atom is -0.496 e. The van der Waals surface area contributed by atoms with Crippen LogP contribution in [0.1, 0.15) is 10.4 Å². The molecule has 3 nitrogen and oxygen atoms in total. The summed E-state index contributed by atoms with van der Waals surface area (Å²) in [5.74, 6) is 0.638. The fraction of sp³-hybridized carbons (Fsp3) is 0.214. The molecule has 0 spiro atoms. The molecule has 2 aromatic carbocycles. The molecule has 0 aromatic heterocycles. The Morgan fingerprint density at radius 3 is 2.56 bits per heavy atom. The first-order valence-corrected chi connectivity index (χ1v) is 5.91. The van der Waals surface area contributed by atoms with Gasteiger partial charge in [0.25, 0.3) is 5.91 Å². The fourth-order valence-corrected chi connectivity index (χ4v) is 2.21. The summed E-state index contributed by atoms with van der Waals surface area (Å²) in [5.41, 5.74) is 0.585. The van der Waals surface area contributed by atoms with Gasteiger partial charge in [0.05, 0.1) is 7.11 Å². The zero-order chi connectivity index (χ0) is 13.3. The Hall–Kier alpha value is -1.74. The Kier molecular flexibility index (Phi) is 3.43. The van der Waals surface area contributed by atoms with E-state index in [1.165, 1.54) is 4.90 Å². The van der Waals surface area contributed by atoms with Crippen LogP contribution in [0.3, 0.4) is 0 Å². The van der Waals surface area contributed by atoms with Gasteiger partial charge in [-0.05, 0) is 18.2 Å². The highest BCUT2D eigenvalue weighted by atomic mass is 35.5. The molecule has 0 aliphatic heterocycles. The van der Waals surface area contributed by atoms with Crippen LogP contribution in [-0.2, 0) is 0 Å². The summed E-state index contributed by atoms with van der Waals surface area (Å²) in [6.07, 6.45) is 0. The van der Waals surface area contributed by atoms with E-state index in [-0.39, 0.29) is 5.91 Å². The lowest BCUT2D eigenvalue weighted by atomic mass is 10.0. The van der Waals surface area contributed by atoms with Gasteiger partial charge in [0, 0.05) is 35.5 Å². The number of amides is 1. The van der Waals surface area contributed by atoms with Gasteiger partial charge in [-0.2, -0.15) is 0 Å². The number of fused-ring (bicyclic) bond motifs is 1. The largest absolute Gasteiger partial charge is 0.496 e. The molecule has 0 atom stereocenters. The van der Waals surface area contributed by atoms with Gasteiger partial charge in [0.15, 0.2) is 0 Å². The Labute approximate surface area is 111 Å². The van der Waals surface area contributed by atoms with Crippen LogP contribution in [0.4, 0.5) is 0 Å². The zero-order valence-corrected chi connectivity index (χ0v) is 11.3. The normalized spacial score (nSPS) is 10.4. The van der Waals surface area contributed by atoms with Gasteiger partial charge < -0.3 is 9.64 Å². The molecule has 0 radical (unpaired) electrons. The zero-order valence-electron chi connectivity index (χ0n) is 10.5. The Morgan fingerprint density at radius 2 is 1.94 bits per heavy atom. The Bertz CT molecular complexity index is 608. The first-order chi connectivity index (χ1) is 8.56. The van der Waals surface area contributed by atoms with E-state index in [0.29, 0.717) is 16.3 Å². The number of carbonyl (C=O) groups excluding carboxylic acids is 1. The number of methoxy groups -OCH3 is 1. The van der Waals surface area contributed by atoms with Crippen LogP contribution in [0.5, 0.6) is 5.75 Å². The van der Waals surface area contributed by atoms with Crippen LogP contribution in [-0.4, -0.2) is 32.0 Å². The third kappa shape index (κ3) is 2.02. The van der Waals surface area contributed by atoms with E-state index in [0.717, 1.165) is 10.8 Å². The molecular weight excluding hydrogens is 250 g/mol. The van der Waals surface area contributed by atoms with Gasteiger partial charge in [-0.3, -0.25) is 4.79 Å². The van der Waals surface area contributed by atoms with E-state index < -0.39 is 0 Å². The molecule has 18 heavy (non-hydrogen) atoms. The third-order valence-electron chi connectivity index (χ3n) is 2.81. The predicted octanol–water partition coefficient (Wildman–Crippen LogP) is 3.20. The van der Waals surface area contributed by atoms with Crippen LogP contribution in [0.2, 0.25) is 5.02 Å². The van der Waals surface area contributed by atoms with Gasteiger partial charge in [-0.1, -0.05) is 23.7 Å². The topological polar surface area (TPSA) is 29.5 Å². The predicted molar refractivity (Wildman–Crippen MR) is 73.5 cm³/mol. The number of hydrogen-bond donors (Lipinski definition) is 0. The molecule has 94 valence electrons. The van der Waals surface area contributed by atoms with Crippen molar-refractivity contribution in [1.82, 2.24) is 4.90 Å². The Balaban J connectivity index is 2.81. The van der Waals surface area contributed by atoms with Crippen molar-refractivity contribution in [2.45, 2.75) is 0 Å². The lowest BCUT2D eigenvalue weighted by Crippen LogP contribution is -2.22. The summed E-state index contributed by atoms with van der Waals surface area (Å²) in [6.45, 7) is 0. The van der Waals surface area contributed by atoms with E-state index in [4.69, 9.17) is 16.3 Å². The van der Waals surface area contributed by atoms with Gasteiger partial charge in [-0.25, -0.2) is 0 Å². The van der Waals surface area contributed by atoms with Crippen LogP contribution in [0, 0.1) is 0 Å². The van der Waals surface area contributed by atoms with Crippen molar-refractivity contribution < 1.29 is 9.53 Å². The van der Waals surface area contributed by atoms with Gasteiger partial charge in [0.1, 0.15) is 5.75 Å². The number of halogens is 1. The first-order valence-electron chi connectivity index (χ1n) is 5.53. The third-order valence-corrected chi connectivity index (χ3v) is 3.12. The average molecular weight is 264 g/mol. The van der Waals surface area contributed by atoms with Crippen molar-refractivity contribution in [3.05, 3.63) is 40.9 Å². The summed E-state index contributed by atoms with van der Waals surface area (Å²) in [6, 6.07) is 9.05. The molecule has 1 amide bonds. The van der Waals surface area contributed by atoms with Crippen LogP contribution >= 0.6 is 11.6 Å². The van der Waals surface area contributed by atoms with Crippen molar-refractivity contribution in [1.29, 1.82) is 0 Å².